The van der Waals surface area contributed by atoms with Gasteiger partial charge in [-0.1, -0.05) is 92.1 Å². The zero-order valence-electron chi connectivity index (χ0n) is 20.4. The van der Waals surface area contributed by atoms with Crippen LogP contribution in [0.5, 0.6) is 0 Å². The van der Waals surface area contributed by atoms with Gasteiger partial charge in [-0.2, -0.15) is 0 Å². The first-order valence-electron chi connectivity index (χ1n) is 12.7. The molecule has 1 fully saturated rings. The van der Waals surface area contributed by atoms with Gasteiger partial charge in [-0.3, -0.25) is 9.59 Å². The van der Waals surface area contributed by atoms with E-state index in [1.165, 1.54) is 29.2 Å². The number of hydrogen-bond donors (Lipinski definition) is 1. The first-order chi connectivity index (χ1) is 16.5. The van der Waals surface area contributed by atoms with Crippen molar-refractivity contribution in [1.29, 1.82) is 0 Å². The van der Waals surface area contributed by atoms with Crippen molar-refractivity contribution in [3.05, 3.63) is 83.4 Å². The Morgan fingerprint density at radius 1 is 1.00 bits per heavy atom. The lowest BCUT2D eigenvalue weighted by molar-refractivity contribution is -0.141. The zero-order chi connectivity index (χ0) is 23.9. The molecule has 1 aliphatic carbocycles. The average Bonchev–Trinajstić information content (AvgIpc) is 3.35. The summed E-state index contributed by atoms with van der Waals surface area (Å²) in [5.74, 6) is 0.0171. The second kappa shape index (κ2) is 11.3. The first-order valence-corrected chi connectivity index (χ1v) is 12.7. The average molecular weight is 457 g/mol. The molecule has 0 heterocycles. The van der Waals surface area contributed by atoms with Crippen LogP contribution < -0.4 is 5.32 Å². The largest absolute Gasteiger partial charge is 0.352 e. The predicted octanol–water partition coefficient (Wildman–Crippen LogP) is 5.95. The first kappa shape index (κ1) is 24.0. The molecule has 3 aromatic carbocycles. The molecule has 1 atom stereocenters. The molecule has 0 spiro atoms. The van der Waals surface area contributed by atoms with Crippen molar-refractivity contribution in [2.45, 2.75) is 77.4 Å². The smallest absolute Gasteiger partial charge is 0.243 e. The van der Waals surface area contributed by atoms with E-state index in [1.807, 2.05) is 36.1 Å². The molecule has 1 saturated carbocycles. The Balaban J connectivity index is 1.54. The van der Waals surface area contributed by atoms with Gasteiger partial charge in [0.2, 0.25) is 11.8 Å². The number of amides is 2. The Kier molecular flexibility index (Phi) is 7.99. The number of fused-ring (bicyclic) bond motifs is 1. The van der Waals surface area contributed by atoms with Crippen LogP contribution in [0.4, 0.5) is 0 Å². The molecule has 0 aliphatic heterocycles. The van der Waals surface area contributed by atoms with Crippen molar-refractivity contribution in [2.24, 2.45) is 0 Å². The van der Waals surface area contributed by atoms with E-state index in [9.17, 15) is 9.59 Å². The van der Waals surface area contributed by atoms with Gasteiger partial charge in [0.1, 0.15) is 6.04 Å². The minimum Gasteiger partial charge on any atom is -0.352 e. The lowest BCUT2D eigenvalue weighted by atomic mass is 10.00. The molecule has 4 rings (SSSR count). The molecule has 0 aromatic heterocycles. The van der Waals surface area contributed by atoms with E-state index in [4.69, 9.17) is 0 Å². The van der Waals surface area contributed by atoms with Crippen LogP contribution in [0.2, 0.25) is 0 Å². The molecule has 34 heavy (non-hydrogen) atoms. The van der Waals surface area contributed by atoms with Crippen LogP contribution in [-0.2, 0) is 22.6 Å². The summed E-state index contributed by atoms with van der Waals surface area (Å²) in [5.41, 5.74) is 3.39. The maximum Gasteiger partial charge on any atom is 0.243 e. The standard InChI is InChI=1S/C30H36N2O2/c1-3-28(30(34)31-26-15-5-6-16-26)32(21-23-11-8-10-22(2)20-23)29(33)19-18-25-14-9-13-24-12-4-7-17-27(24)25/h4,7-14,17,20,26,28H,3,5-6,15-16,18-19,21H2,1-2H3,(H,31,34)/t28-/m1/s1. The molecule has 4 heteroatoms. The normalized spacial score (nSPS) is 14.8. The summed E-state index contributed by atoms with van der Waals surface area (Å²) >= 11 is 0. The molecule has 1 N–H and O–H groups in total. The van der Waals surface area contributed by atoms with Gasteiger partial charge < -0.3 is 10.2 Å². The van der Waals surface area contributed by atoms with Crippen LogP contribution >= 0.6 is 0 Å². The summed E-state index contributed by atoms with van der Waals surface area (Å²) in [7, 11) is 0. The number of nitrogens with one attached hydrogen (secondary N) is 1. The van der Waals surface area contributed by atoms with Gasteiger partial charge in [0.15, 0.2) is 0 Å². The van der Waals surface area contributed by atoms with Crippen molar-refractivity contribution in [1.82, 2.24) is 10.2 Å². The Hall–Kier alpha value is -3.14. The Morgan fingerprint density at radius 2 is 1.74 bits per heavy atom. The van der Waals surface area contributed by atoms with Crippen molar-refractivity contribution in [3.63, 3.8) is 0 Å². The van der Waals surface area contributed by atoms with Crippen molar-refractivity contribution >= 4 is 22.6 Å². The monoisotopic (exact) mass is 456 g/mol. The van der Waals surface area contributed by atoms with Crippen LogP contribution in [0.15, 0.2) is 66.7 Å². The van der Waals surface area contributed by atoms with E-state index >= 15 is 0 Å². The molecular formula is C30H36N2O2. The maximum atomic E-state index is 13.6. The number of hydrogen-bond acceptors (Lipinski definition) is 2. The summed E-state index contributed by atoms with van der Waals surface area (Å²) in [6.07, 6.45) is 6.05. The number of carbonyl (C=O) groups is 2. The SMILES string of the molecule is CC[C@H](C(=O)NC1CCCC1)N(Cc1cccc(C)c1)C(=O)CCc1cccc2ccccc12. The van der Waals surface area contributed by atoms with Crippen LogP contribution in [0.25, 0.3) is 10.8 Å². The number of nitrogens with zero attached hydrogens (tertiary/aromatic N) is 1. The van der Waals surface area contributed by atoms with E-state index < -0.39 is 6.04 Å². The highest BCUT2D eigenvalue weighted by molar-refractivity contribution is 5.89. The second-order valence-electron chi connectivity index (χ2n) is 9.56. The van der Waals surface area contributed by atoms with Gasteiger partial charge in [-0.15, -0.1) is 0 Å². The van der Waals surface area contributed by atoms with E-state index in [2.05, 4.69) is 54.7 Å². The molecule has 0 saturated heterocycles. The Labute approximate surface area is 203 Å². The van der Waals surface area contributed by atoms with E-state index in [-0.39, 0.29) is 17.9 Å². The summed E-state index contributed by atoms with van der Waals surface area (Å²) in [6, 6.07) is 22.6. The quantitative estimate of drug-likeness (QED) is 0.433. The second-order valence-corrected chi connectivity index (χ2v) is 9.56. The lowest BCUT2D eigenvalue weighted by Gasteiger charge is -2.31. The zero-order valence-corrected chi connectivity index (χ0v) is 20.4. The fraction of sp³-hybridized carbons (Fsp3) is 0.400. The van der Waals surface area contributed by atoms with Crippen LogP contribution in [0.3, 0.4) is 0 Å². The summed E-state index contributed by atoms with van der Waals surface area (Å²) in [6.45, 7) is 4.51. The van der Waals surface area contributed by atoms with Crippen molar-refractivity contribution in [3.8, 4) is 0 Å². The fourth-order valence-corrected chi connectivity index (χ4v) is 5.19. The third-order valence-electron chi connectivity index (χ3n) is 7.01. The molecule has 3 aromatic rings. The third-order valence-corrected chi connectivity index (χ3v) is 7.01. The molecule has 0 unspecified atom stereocenters. The van der Waals surface area contributed by atoms with Crippen LogP contribution in [0, 0.1) is 6.92 Å². The van der Waals surface area contributed by atoms with Gasteiger partial charge in [0.25, 0.3) is 0 Å². The van der Waals surface area contributed by atoms with Crippen molar-refractivity contribution < 1.29 is 9.59 Å². The molecule has 2 amide bonds. The summed E-state index contributed by atoms with van der Waals surface area (Å²) in [4.78, 5) is 28.7. The van der Waals surface area contributed by atoms with Gasteiger partial charge in [-0.05, 0) is 54.5 Å². The van der Waals surface area contributed by atoms with E-state index in [0.717, 1.165) is 24.0 Å². The third kappa shape index (κ3) is 5.85. The molecule has 0 bridgehead atoms. The van der Waals surface area contributed by atoms with Crippen LogP contribution in [0.1, 0.15) is 62.1 Å². The highest BCUT2D eigenvalue weighted by Gasteiger charge is 2.30. The van der Waals surface area contributed by atoms with E-state index in [0.29, 0.717) is 25.8 Å². The van der Waals surface area contributed by atoms with E-state index in [1.54, 1.807) is 0 Å². The highest BCUT2D eigenvalue weighted by Crippen LogP contribution is 2.22. The topological polar surface area (TPSA) is 49.4 Å². The van der Waals surface area contributed by atoms with Gasteiger partial charge in [-0.25, -0.2) is 0 Å². The number of aryl methyl sites for hydroxylation is 2. The molecule has 0 radical (unpaired) electrons. The Morgan fingerprint density at radius 3 is 2.50 bits per heavy atom. The minimum atomic E-state index is -0.457. The van der Waals surface area contributed by atoms with Gasteiger partial charge >= 0.3 is 0 Å². The van der Waals surface area contributed by atoms with Crippen LogP contribution in [-0.4, -0.2) is 28.8 Å². The lowest BCUT2D eigenvalue weighted by Crippen LogP contribution is -2.51. The molecule has 178 valence electrons. The number of benzene rings is 3. The van der Waals surface area contributed by atoms with Crippen molar-refractivity contribution in [2.75, 3.05) is 0 Å². The van der Waals surface area contributed by atoms with Gasteiger partial charge in [0, 0.05) is 19.0 Å². The molecule has 4 nitrogen and oxygen atoms in total. The fourth-order valence-electron chi connectivity index (χ4n) is 5.19. The number of carbonyl (C=O) groups excluding carboxylic acids is 2. The summed E-state index contributed by atoms with van der Waals surface area (Å²) in [5, 5.41) is 5.60. The molecule has 1 aliphatic rings. The molecular weight excluding hydrogens is 420 g/mol. The highest BCUT2D eigenvalue weighted by atomic mass is 16.2. The van der Waals surface area contributed by atoms with Gasteiger partial charge in [0.05, 0.1) is 0 Å². The Bertz CT molecular complexity index is 1130. The minimum absolute atomic E-state index is 0.0134. The maximum absolute atomic E-state index is 13.6. The predicted molar refractivity (Wildman–Crippen MR) is 138 cm³/mol. The number of rotatable bonds is 9. The summed E-state index contributed by atoms with van der Waals surface area (Å²) < 4.78 is 0.